The second-order valence-corrected chi connectivity index (χ2v) is 9.24. The van der Waals surface area contributed by atoms with Crippen LogP contribution in [-0.2, 0) is 5.41 Å². The molecule has 0 saturated carbocycles. The first-order chi connectivity index (χ1) is 17.9. The third kappa shape index (κ3) is 6.93. The Bertz CT molecular complexity index is 1410. The van der Waals surface area contributed by atoms with Crippen molar-refractivity contribution < 1.29 is 27.4 Å². The average molecular weight is 527 g/mol. The Morgan fingerprint density at radius 2 is 1.55 bits per heavy atom. The fraction of sp³-hybridized carbons (Fsp3) is 0.192. The molecule has 2 aromatic heterocycles. The van der Waals surface area contributed by atoms with Crippen molar-refractivity contribution in [2.45, 2.75) is 32.5 Å². The van der Waals surface area contributed by atoms with E-state index >= 15 is 0 Å². The highest BCUT2D eigenvalue weighted by atomic mass is 19.4. The zero-order valence-electron chi connectivity index (χ0n) is 20.7. The van der Waals surface area contributed by atoms with Gasteiger partial charge in [-0.05, 0) is 54.6 Å². The topological polar surface area (TPSA) is 116 Å². The molecule has 198 valence electrons. The summed E-state index contributed by atoms with van der Waals surface area (Å²) in [7, 11) is 0. The van der Waals surface area contributed by atoms with Gasteiger partial charge in [-0.25, -0.2) is 14.5 Å². The third-order valence-electron chi connectivity index (χ3n) is 5.13. The van der Waals surface area contributed by atoms with Gasteiger partial charge in [0.15, 0.2) is 0 Å². The van der Waals surface area contributed by atoms with Crippen LogP contribution in [0.3, 0.4) is 0 Å². The molecule has 0 saturated heterocycles. The van der Waals surface area contributed by atoms with Gasteiger partial charge in [0.25, 0.3) is 0 Å². The van der Waals surface area contributed by atoms with Crippen molar-refractivity contribution in [3.05, 3.63) is 78.6 Å². The monoisotopic (exact) mass is 526 g/mol. The van der Waals surface area contributed by atoms with Crippen LogP contribution in [-0.4, -0.2) is 27.2 Å². The Morgan fingerprint density at radius 1 is 0.895 bits per heavy atom. The number of nitrogens with zero attached hydrogens (tertiary/aromatic N) is 3. The number of nitrogens with two attached hydrogens (primary N) is 1. The van der Waals surface area contributed by atoms with Crippen LogP contribution in [0.4, 0.5) is 35.3 Å². The molecule has 0 bridgehead atoms. The summed E-state index contributed by atoms with van der Waals surface area (Å²) < 4.78 is 48.6. The molecule has 4 N–H and O–H groups in total. The third-order valence-corrected chi connectivity index (χ3v) is 5.13. The first-order valence-electron chi connectivity index (χ1n) is 11.4. The van der Waals surface area contributed by atoms with Crippen molar-refractivity contribution in [3.8, 4) is 22.9 Å². The first-order valence-corrected chi connectivity index (χ1v) is 11.4. The number of pyridine rings is 1. The Morgan fingerprint density at radius 3 is 2.16 bits per heavy atom. The number of amides is 2. The summed E-state index contributed by atoms with van der Waals surface area (Å²) in [5.41, 5.74) is 6.91. The van der Waals surface area contributed by atoms with Gasteiger partial charge < -0.3 is 20.5 Å². The number of halogens is 3. The molecule has 38 heavy (non-hydrogen) atoms. The molecule has 2 amide bonds. The molecule has 0 spiro atoms. The zero-order chi connectivity index (χ0) is 27.5. The van der Waals surface area contributed by atoms with Gasteiger partial charge in [-0.15, -0.1) is 13.2 Å². The highest BCUT2D eigenvalue weighted by Gasteiger charge is 2.31. The van der Waals surface area contributed by atoms with Gasteiger partial charge in [0.1, 0.15) is 28.9 Å². The largest absolute Gasteiger partial charge is 0.573 e. The van der Waals surface area contributed by atoms with Gasteiger partial charge in [0, 0.05) is 29.4 Å². The second kappa shape index (κ2) is 10.3. The van der Waals surface area contributed by atoms with Gasteiger partial charge in [0.2, 0.25) is 0 Å². The summed E-state index contributed by atoms with van der Waals surface area (Å²) in [4.78, 5) is 16.7. The molecule has 12 heteroatoms. The fourth-order valence-electron chi connectivity index (χ4n) is 3.33. The number of nitrogens with one attached hydrogen (secondary N) is 2. The van der Waals surface area contributed by atoms with E-state index in [0.717, 1.165) is 0 Å². The SMILES string of the molecule is CC(C)(C)c1cc(NC(=O)Nc2ccc(Oc3ccnc(N)c3)cc2)n(-c2ccc(OC(F)(F)F)cc2)n1. The lowest BCUT2D eigenvalue weighted by atomic mass is 9.92. The van der Waals surface area contributed by atoms with Crippen LogP contribution in [0.2, 0.25) is 0 Å². The van der Waals surface area contributed by atoms with Crippen molar-refractivity contribution >= 4 is 23.4 Å². The van der Waals surface area contributed by atoms with Gasteiger partial charge >= 0.3 is 12.4 Å². The average Bonchev–Trinajstić information content (AvgIpc) is 3.24. The Hall–Kier alpha value is -4.74. The molecule has 0 radical (unpaired) electrons. The molecule has 0 aliphatic rings. The van der Waals surface area contributed by atoms with Crippen molar-refractivity contribution in [1.82, 2.24) is 14.8 Å². The number of benzene rings is 2. The predicted molar refractivity (Wildman–Crippen MR) is 137 cm³/mol. The summed E-state index contributed by atoms with van der Waals surface area (Å²) in [5, 5.41) is 10.0. The van der Waals surface area contributed by atoms with E-state index < -0.39 is 12.4 Å². The van der Waals surface area contributed by atoms with Crippen molar-refractivity contribution in [3.63, 3.8) is 0 Å². The Balaban J connectivity index is 1.48. The molecule has 4 rings (SSSR count). The molecule has 2 heterocycles. The summed E-state index contributed by atoms with van der Waals surface area (Å²) in [6.45, 7) is 5.86. The normalized spacial score (nSPS) is 11.6. The molecule has 0 aliphatic heterocycles. The van der Waals surface area contributed by atoms with E-state index in [1.54, 1.807) is 42.5 Å². The van der Waals surface area contributed by atoms with Crippen LogP contribution >= 0.6 is 0 Å². The highest BCUT2D eigenvalue weighted by molar-refractivity contribution is 5.99. The van der Waals surface area contributed by atoms with E-state index in [0.29, 0.717) is 40.2 Å². The van der Waals surface area contributed by atoms with Gasteiger partial charge in [0.05, 0.1) is 11.4 Å². The van der Waals surface area contributed by atoms with Crippen LogP contribution in [0, 0.1) is 0 Å². The molecular weight excluding hydrogens is 501 g/mol. The standard InChI is InChI=1S/C26H25F3N6O3/c1-25(2,3)21-15-23(35(34-21)17-6-10-19(11-7-17)38-26(27,28)29)33-24(36)32-16-4-8-18(9-5-16)37-20-12-13-31-22(30)14-20/h4-15H,1-3H3,(H2,30,31)(H2,32,33,36). The molecule has 9 nitrogen and oxygen atoms in total. The molecule has 0 fully saturated rings. The summed E-state index contributed by atoms with van der Waals surface area (Å²) in [6, 6.07) is 16.3. The minimum Gasteiger partial charge on any atom is -0.457 e. The zero-order valence-corrected chi connectivity index (χ0v) is 20.7. The Kier molecular flexibility index (Phi) is 7.15. The number of rotatable bonds is 6. The van der Waals surface area contributed by atoms with Gasteiger partial charge in [-0.1, -0.05) is 20.8 Å². The van der Waals surface area contributed by atoms with Crippen LogP contribution < -0.4 is 25.8 Å². The van der Waals surface area contributed by atoms with Crippen LogP contribution in [0.1, 0.15) is 26.5 Å². The molecule has 0 atom stereocenters. The lowest BCUT2D eigenvalue weighted by Gasteiger charge is -2.14. The van der Waals surface area contributed by atoms with E-state index in [2.05, 4.69) is 25.5 Å². The quantitative estimate of drug-likeness (QED) is 0.265. The number of carbonyl (C=O) groups is 1. The molecular formula is C26H25F3N6O3. The second-order valence-electron chi connectivity index (χ2n) is 9.24. The minimum absolute atomic E-state index is 0.326. The number of hydrogen-bond acceptors (Lipinski definition) is 6. The molecule has 2 aromatic carbocycles. The maximum atomic E-state index is 12.8. The number of nitrogen functional groups attached to an aromatic ring is 1. The summed E-state index contributed by atoms with van der Waals surface area (Å²) in [5.74, 6) is 1.35. The highest BCUT2D eigenvalue weighted by Crippen LogP contribution is 2.29. The van der Waals surface area contributed by atoms with E-state index in [4.69, 9.17) is 10.5 Å². The maximum Gasteiger partial charge on any atom is 0.573 e. The predicted octanol–water partition coefficient (Wildman–Crippen LogP) is 6.48. The van der Waals surface area contributed by atoms with Crippen molar-refractivity contribution in [1.29, 1.82) is 0 Å². The number of ether oxygens (including phenoxy) is 2. The number of carbonyl (C=O) groups excluding carboxylic acids is 1. The number of hydrogen-bond donors (Lipinski definition) is 3. The number of anilines is 3. The number of aromatic nitrogens is 3. The number of alkyl halides is 3. The van der Waals surface area contributed by atoms with E-state index in [1.165, 1.54) is 35.1 Å². The van der Waals surface area contributed by atoms with Crippen molar-refractivity contribution in [2.75, 3.05) is 16.4 Å². The summed E-state index contributed by atoms with van der Waals surface area (Å²) >= 11 is 0. The maximum absolute atomic E-state index is 12.8. The van der Waals surface area contributed by atoms with Gasteiger partial charge in [-0.3, -0.25) is 5.32 Å². The summed E-state index contributed by atoms with van der Waals surface area (Å²) in [6.07, 6.45) is -3.26. The minimum atomic E-state index is -4.80. The number of urea groups is 1. The van der Waals surface area contributed by atoms with E-state index in [1.807, 2.05) is 20.8 Å². The molecule has 4 aromatic rings. The molecule has 0 aliphatic carbocycles. The Labute approximate surface area is 216 Å². The molecule has 0 unspecified atom stereocenters. The lowest BCUT2D eigenvalue weighted by Crippen LogP contribution is -2.21. The van der Waals surface area contributed by atoms with Crippen molar-refractivity contribution in [2.24, 2.45) is 0 Å². The lowest BCUT2D eigenvalue weighted by molar-refractivity contribution is -0.274. The fourth-order valence-corrected chi connectivity index (χ4v) is 3.33. The van der Waals surface area contributed by atoms with Crippen LogP contribution in [0.15, 0.2) is 72.9 Å². The van der Waals surface area contributed by atoms with Crippen LogP contribution in [0.5, 0.6) is 17.2 Å². The van der Waals surface area contributed by atoms with Crippen LogP contribution in [0.25, 0.3) is 5.69 Å². The van der Waals surface area contributed by atoms with E-state index in [-0.39, 0.29) is 11.2 Å². The van der Waals surface area contributed by atoms with E-state index in [9.17, 15) is 18.0 Å². The smallest absolute Gasteiger partial charge is 0.457 e. The van der Waals surface area contributed by atoms with Gasteiger partial charge in [-0.2, -0.15) is 5.10 Å². The first kappa shape index (κ1) is 26.3.